The van der Waals surface area contributed by atoms with Gasteiger partial charge in [0.1, 0.15) is 0 Å². The molecule has 1 saturated heterocycles. The average Bonchev–Trinajstić information content (AvgIpc) is 2.06. The zero-order chi connectivity index (χ0) is 10.8. The molecule has 0 bridgehead atoms. The lowest BCUT2D eigenvalue weighted by atomic mass is 9.94. The van der Waals surface area contributed by atoms with Crippen LogP contribution in [0.3, 0.4) is 0 Å². The van der Waals surface area contributed by atoms with E-state index >= 15 is 0 Å². The lowest BCUT2D eigenvalue weighted by Gasteiger charge is -2.39. The van der Waals surface area contributed by atoms with E-state index in [0.29, 0.717) is 12.0 Å². The summed E-state index contributed by atoms with van der Waals surface area (Å²) in [6, 6.07) is 0. The van der Waals surface area contributed by atoms with Gasteiger partial charge in [0.25, 0.3) is 0 Å². The fourth-order valence-electron chi connectivity index (χ4n) is 2.12. The van der Waals surface area contributed by atoms with E-state index in [-0.39, 0.29) is 5.54 Å². The van der Waals surface area contributed by atoms with Crippen molar-refractivity contribution in [1.29, 1.82) is 0 Å². The van der Waals surface area contributed by atoms with Crippen LogP contribution in [-0.2, 0) is 4.74 Å². The van der Waals surface area contributed by atoms with Crippen LogP contribution >= 0.6 is 0 Å². The molecule has 84 valence electrons. The van der Waals surface area contributed by atoms with Gasteiger partial charge in [-0.25, -0.2) is 0 Å². The van der Waals surface area contributed by atoms with Gasteiger partial charge in [-0.3, -0.25) is 4.90 Å². The SMILES string of the molecule is COC1CN(CC(C)(C)N)CCC1C. The first-order chi connectivity index (χ1) is 6.42. The number of piperidine rings is 1. The van der Waals surface area contributed by atoms with Crippen molar-refractivity contribution in [3.63, 3.8) is 0 Å². The average molecular weight is 200 g/mol. The van der Waals surface area contributed by atoms with E-state index in [0.717, 1.165) is 19.6 Å². The first kappa shape index (κ1) is 12.0. The Morgan fingerprint density at radius 1 is 1.50 bits per heavy atom. The molecule has 1 aliphatic heterocycles. The predicted molar refractivity (Wildman–Crippen MR) is 59.3 cm³/mol. The highest BCUT2D eigenvalue weighted by molar-refractivity contribution is 4.84. The minimum atomic E-state index is -0.0983. The summed E-state index contributed by atoms with van der Waals surface area (Å²) in [5.74, 6) is 0.678. The van der Waals surface area contributed by atoms with Gasteiger partial charge in [0, 0.05) is 25.7 Å². The summed E-state index contributed by atoms with van der Waals surface area (Å²) >= 11 is 0. The largest absolute Gasteiger partial charge is 0.380 e. The molecule has 0 aromatic carbocycles. The van der Waals surface area contributed by atoms with E-state index in [1.54, 1.807) is 7.11 Å². The van der Waals surface area contributed by atoms with Crippen molar-refractivity contribution in [3.05, 3.63) is 0 Å². The van der Waals surface area contributed by atoms with Crippen molar-refractivity contribution in [1.82, 2.24) is 4.90 Å². The number of likely N-dealkylation sites (tertiary alicyclic amines) is 1. The Morgan fingerprint density at radius 2 is 2.14 bits per heavy atom. The van der Waals surface area contributed by atoms with E-state index in [1.807, 2.05) is 0 Å². The predicted octanol–water partition coefficient (Wildman–Crippen LogP) is 1.08. The van der Waals surface area contributed by atoms with Crippen molar-refractivity contribution >= 4 is 0 Å². The number of hydrogen-bond acceptors (Lipinski definition) is 3. The fraction of sp³-hybridized carbons (Fsp3) is 1.00. The molecular formula is C11H24N2O. The molecule has 2 N–H and O–H groups in total. The number of methoxy groups -OCH3 is 1. The number of nitrogens with zero attached hydrogens (tertiary/aromatic N) is 1. The monoisotopic (exact) mass is 200 g/mol. The molecule has 0 aliphatic carbocycles. The van der Waals surface area contributed by atoms with Crippen molar-refractivity contribution in [3.8, 4) is 0 Å². The van der Waals surface area contributed by atoms with Crippen LogP contribution in [0.1, 0.15) is 27.2 Å². The number of rotatable bonds is 3. The Kier molecular flexibility index (Phi) is 3.93. The van der Waals surface area contributed by atoms with Gasteiger partial charge in [0.2, 0.25) is 0 Å². The van der Waals surface area contributed by atoms with Crippen LogP contribution in [-0.4, -0.2) is 43.3 Å². The van der Waals surface area contributed by atoms with Gasteiger partial charge in [0.05, 0.1) is 6.10 Å². The Morgan fingerprint density at radius 3 is 2.64 bits per heavy atom. The normalized spacial score (nSPS) is 30.6. The van der Waals surface area contributed by atoms with Gasteiger partial charge in [-0.1, -0.05) is 6.92 Å². The van der Waals surface area contributed by atoms with Gasteiger partial charge in [-0.2, -0.15) is 0 Å². The summed E-state index contributed by atoms with van der Waals surface area (Å²) in [5, 5.41) is 0. The Bertz CT molecular complexity index is 177. The number of nitrogens with two attached hydrogens (primary N) is 1. The lowest BCUT2D eigenvalue weighted by molar-refractivity contribution is -0.00943. The molecule has 0 spiro atoms. The zero-order valence-electron chi connectivity index (χ0n) is 9.92. The van der Waals surface area contributed by atoms with Crippen LogP contribution in [0.15, 0.2) is 0 Å². The second-order valence-corrected chi connectivity index (χ2v) is 5.26. The highest BCUT2D eigenvalue weighted by Gasteiger charge is 2.28. The van der Waals surface area contributed by atoms with Gasteiger partial charge in [-0.15, -0.1) is 0 Å². The van der Waals surface area contributed by atoms with Crippen molar-refractivity contribution < 1.29 is 4.74 Å². The molecule has 0 radical (unpaired) electrons. The molecule has 2 unspecified atom stereocenters. The topological polar surface area (TPSA) is 38.5 Å². The van der Waals surface area contributed by atoms with E-state index in [4.69, 9.17) is 10.5 Å². The van der Waals surface area contributed by atoms with Crippen LogP contribution in [0.25, 0.3) is 0 Å². The summed E-state index contributed by atoms with van der Waals surface area (Å²) in [6.07, 6.45) is 1.60. The minimum absolute atomic E-state index is 0.0983. The minimum Gasteiger partial charge on any atom is -0.380 e. The lowest BCUT2D eigenvalue weighted by Crippen LogP contribution is -2.51. The fourth-order valence-corrected chi connectivity index (χ4v) is 2.12. The molecule has 0 saturated carbocycles. The van der Waals surface area contributed by atoms with Crippen molar-refractivity contribution in [2.75, 3.05) is 26.7 Å². The first-order valence-corrected chi connectivity index (χ1v) is 5.46. The highest BCUT2D eigenvalue weighted by Crippen LogP contribution is 2.20. The zero-order valence-corrected chi connectivity index (χ0v) is 9.92. The van der Waals surface area contributed by atoms with Crippen LogP contribution in [0.5, 0.6) is 0 Å². The number of hydrogen-bond donors (Lipinski definition) is 1. The van der Waals surface area contributed by atoms with Gasteiger partial charge in [0.15, 0.2) is 0 Å². The quantitative estimate of drug-likeness (QED) is 0.741. The maximum atomic E-state index is 6.01. The Labute approximate surface area is 87.6 Å². The molecule has 0 aromatic rings. The first-order valence-electron chi connectivity index (χ1n) is 5.46. The molecule has 14 heavy (non-hydrogen) atoms. The second kappa shape index (κ2) is 4.60. The maximum absolute atomic E-state index is 6.01. The second-order valence-electron chi connectivity index (χ2n) is 5.26. The van der Waals surface area contributed by atoms with Crippen LogP contribution in [0, 0.1) is 5.92 Å². The molecule has 0 amide bonds. The standard InChI is InChI=1S/C11H24N2O/c1-9-5-6-13(7-10(9)14-4)8-11(2,3)12/h9-10H,5-8,12H2,1-4H3. The molecular weight excluding hydrogens is 176 g/mol. The Hall–Kier alpha value is -0.120. The molecule has 3 nitrogen and oxygen atoms in total. The molecule has 1 heterocycles. The van der Waals surface area contributed by atoms with E-state index in [2.05, 4.69) is 25.7 Å². The maximum Gasteiger partial charge on any atom is 0.0724 e. The van der Waals surface area contributed by atoms with E-state index in [1.165, 1.54) is 6.42 Å². The van der Waals surface area contributed by atoms with Crippen LogP contribution in [0.4, 0.5) is 0 Å². The summed E-state index contributed by atoms with van der Waals surface area (Å²) in [7, 11) is 1.80. The molecule has 3 heteroatoms. The molecule has 1 aliphatic rings. The summed E-state index contributed by atoms with van der Waals surface area (Å²) in [4.78, 5) is 2.41. The van der Waals surface area contributed by atoms with E-state index in [9.17, 15) is 0 Å². The van der Waals surface area contributed by atoms with Gasteiger partial charge in [-0.05, 0) is 32.7 Å². The molecule has 2 atom stereocenters. The molecule has 0 aromatic heterocycles. The summed E-state index contributed by atoms with van der Waals surface area (Å²) in [5.41, 5.74) is 5.91. The van der Waals surface area contributed by atoms with Crippen LogP contribution < -0.4 is 5.73 Å². The third kappa shape index (κ3) is 3.56. The third-order valence-electron chi connectivity index (χ3n) is 2.91. The van der Waals surface area contributed by atoms with Crippen LogP contribution in [0.2, 0.25) is 0 Å². The van der Waals surface area contributed by atoms with Crippen molar-refractivity contribution in [2.24, 2.45) is 11.7 Å². The molecule has 1 fully saturated rings. The van der Waals surface area contributed by atoms with Gasteiger partial charge < -0.3 is 10.5 Å². The van der Waals surface area contributed by atoms with E-state index < -0.39 is 0 Å². The number of ether oxygens (including phenoxy) is 1. The smallest absolute Gasteiger partial charge is 0.0724 e. The van der Waals surface area contributed by atoms with Crippen molar-refractivity contribution in [2.45, 2.75) is 38.8 Å². The Balaban J connectivity index is 2.43. The van der Waals surface area contributed by atoms with Gasteiger partial charge >= 0.3 is 0 Å². The summed E-state index contributed by atoms with van der Waals surface area (Å²) in [6.45, 7) is 9.55. The third-order valence-corrected chi connectivity index (χ3v) is 2.91. The highest BCUT2D eigenvalue weighted by atomic mass is 16.5. The molecule has 1 rings (SSSR count). The summed E-state index contributed by atoms with van der Waals surface area (Å²) < 4.78 is 5.47.